The number of hydrogen-bond acceptors (Lipinski definition) is 1. The monoisotopic (exact) mass is 241 g/mol. The molecule has 0 radical (unpaired) electrons. The highest BCUT2D eigenvalue weighted by Gasteiger charge is 2.10. The Balaban J connectivity index is 2.22. The van der Waals surface area contributed by atoms with Crippen LogP contribution in [0.4, 0.5) is 0 Å². The molecule has 0 aliphatic carbocycles. The number of benzene rings is 1. The summed E-state index contributed by atoms with van der Waals surface area (Å²) in [6.07, 6.45) is 0. The normalized spacial score (nSPS) is 11.2. The van der Waals surface area contributed by atoms with Crippen LogP contribution in [-0.2, 0) is 0 Å². The maximum absolute atomic E-state index is 3.52. The molecule has 0 atom stereocenters. The van der Waals surface area contributed by atoms with E-state index in [1.54, 1.807) is 11.3 Å². The molecule has 1 N–H and O–H groups in total. The van der Waals surface area contributed by atoms with Gasteiger partial charge in [0.2, 0.25) is 0 Å². The summed E-state index contributed by atoms with van der Waals surface area (Å²) in [7, 11) is 0. The summed E-state index contributed by atoms with van der Waals surface area (Å²) in [6.45, 7) is 6.51. The van der Waals surface area contributed by atoms with Crippen molar-refractivity contribution in [2.45, 2.75) is 20.8 Å². The van der Waals surface area contributed by atoms with Crippen LogP contribution in [0, 0.1) is 20.8 Å². The third-order valence-electron chi connectivity index (χ3n) is 3.44. The predicted octanol–water partition coefficient (Wildman–Crippen LogP) is 4.82. The van der Waals surface area contributed by atoms with E-state index in [9.17, 15) is 0 Å². The number of aryl methyl sites for hydroxylation is 3. The van der Waals surface area contributed by atoms with Crippen molar-refractivity contribution in [1.82, 2.24) is 4.98 Å². The standard InChI is InChI=1S/C15H15NS/c1-9-4-5-12(8-10(9)2)14-11(3)15-13(16-14)6-7-17-15/h4-8,16H,1-3H3. The number of hydrogen-bond donors (Lipinski definition) is 1. The summed E-state index contributed by atoms with van der Waals surface area (Å²) in [5, 5.41) is 2.14. The highest BCUT2D eigenvalue weighted by molar-refractivity contribution is 7.17. The summed E-state index contributed by atoms with van der Waals surface area (Å²) < 4.78 is 1.37. The Morgan fingerprint density at radius 2 is 1.82 bits per heavy atom. The molecule has 1 aromatic carbocycles. The fourth-order valence-corrected chi connectivity index (χ4v) is 3.09. The zero-order valence-corrected chi connectivity index (χ0v) is 11.1. The smallest absolute Gasteiger partial charge is 0.0571 e. The average molecular weight is 241 g/mol. The van der Waals surface area contributed by atoms with Gasteiger partial charge in [-0.25, -0.2) is 0 Å². The van der Waals surface area contributed by atoms with E-state index in [1.165, 1.54) is 38.2 Å². The molecule has 0 aliphatic rings. The van der Waals surface area contributed by atoms with Gasteiger partial charge in [-0.15, -0.1) is 11.3 Å². The molecule has 0 fully saturated rings. The first-order valence-corrected chi connectivity index (χ1v) is 6.68. The van der Waals surface area contributed by atoms with Crippen molar-refractivity contribution in [3.05, 3.63) is 46.3 Å². The van der Waals surface area contributed by atoms with E-state index in [0.717, 1.165) is 0 Å². The number of fused-ring (bicyclic) bond motifs is 1. The second kappa shape index (κ2) is 3.74. The topological polar surface area (TPSA) is 15.8 Å². The van der Waals surface area contributed by atoms with Gasteiger partial charge in [-0.2, -0.15) is 0 Å². The minimum Gasteiger partial charge on any atom is -0.354 e. The van der Waals surface area contributed by atoms with E-state index in [1.807, 2.05) is 0 Å². The zero-order chi connectivity index (χ0) is 12.0. The second-order valence-electron chi connectivity index (χ2n) is 4.59. The Kier molecular flexibility index (Phi) is 2.33. The summed E-state index contributed by atoms with van der Waals surface area (Å²) >= 11 is 1.81. The lowest BCUT2D eigenvalue weighted by Gasteiger charge is -2.05. The first-order chi connectivity index (χ1) is 8.16. The highest BCUT2D eigenvalue weighted by Crippen LogP contribution is 2.33. The van der Waals surface area contributed by atoms with Gasteiger partial charge in [0.25, 0.3) is 0 Å². The number of aromatic amines is 1. The molecule has 0 spiro atoms. The van der Waals surface area contributed by atoms with Gasteiger partial charge in [0.15, 0.2) is 0 Å². The minimum atomic E-state index is 1.25. The molecule has 1 nitrogen and oxygen atoms in total. The molecule has 0 saturated heterocycles. The Labute approximate surface area is 105 Å². The molecule has 0 unspecified atom stereocenters. The van der Waals surface area contributed by atoms with Gasteiger partial charge in [-0.05, 0) is 60.5 Å². The van der Waals surface area contributed by atoms with Crippen LogP contribution in [0.3, 0.4) is 0 Å². The number of H-pyrrole nitrogens is 1. The zero-order valence-electron chi connectivity index (χ0n) is 10.3. The predicted molar refractivity (Wildman–Crippen MR) is 75.8 cm³/mol. The fraction of sp³-hybridized carbons (Fsp3) is 0.200. The summed E-state index contributed by atoms with van der Waals surface area (Å²) in [6, 6.07) is 8.80. The molecule has 2 heterocycles. The lowest BCUT2D eigenvalue weighted by Crippen LogP contribution is -1.85. The fourth-order valence-electron chi connectivity index (χ4n) is 2.23. The van der Waals surface area contributed by atoms with Crippen LogP contribution in [0.2, 0.25) is 0 Å². The van der Waals surface area contributed by atoms with Gasteiger partial charge in [0, 0.05) is 0 Å². The van der Waals surface area contributed by atoms with Crippen molar-refractivity contribution >= 4 is 21.6 Å². The maximum Gasteiger partial charge on any atom is 0.0571 e. The van der Waals surface area contributed by atoms with Crippen LogP contribution in [0.5, 0.6) is 0 Å². The molecule has 17 heavy (non-hydrogen) atoms. The summed E-state index contributed by atoms with van der Waals surface area (Å²) in [5.74, 6) is 0. The van der Waals surface area contributed by atoms with Crippen molar-refractivity contribution in [3.8, 4) is 11.3 Å². The maximum atomic E-state index is 3.52. The van der Waals surface area contributed by atoms with Crippen LogP contribution >= 0.6 is 11.3 Å². The molecule has 0 amide bonds. The largest absolute Gasteiger partial charge is 0.354 e. The third-order valence-corrected chi connectivity index (χ3v) is 4.47. The van der Waals surface area contributed by atoms with E-state index in [-0.39, 0.29) is 0 Å². The van der Waals surface area contributed by atoms with Crippen molar-refractivity contribution in [1.29, 1.82) is 0 Å². The van der Waals surface area contributed by atoms with E-state index >= 15 is 0 Å². The van der Waals surface area contributed by atoms with Crippen LogP contribution in [0.15, 0.2) is 29.6 Å². The van der Waals surface area contributed by atoms with Gasteiger partial charge in [-0.3, -0.25) is 0 Å². The van der Waals surface area contributed by atoms with Crippen molar-refractivity contribution in [2.75, 3.05) is 0 Å². The quantitative estimate of drug-likeness (QED) is 0.628. The molecule has 0 saturated carbocycles. The first-order valence-electron chi connectivity index (χ1n) is 5.80. The molecule has 3 rings (SSSR count). The molecule has 0 bridgehead atoms. The SMILES string of the molecule is Cc1ccc(-c2[nH]c3ccsc3c2C)cc1C. The Morgan fingerprint density at radius 3 is 2.53 bits per heavy atom. The van der Waals surface area contributed by atoms with E-state index < -0.39 is 0 Å². The summed E-state index contributed by atoms with van der Waals surface area (Å²) in [5.41, 5.74) is 7.85. The first kappa shape index (κ1) is 10.6. The van der Waals surface area contributed by atoms with Gasteiger partial charge in [0.05, 0.1) is 15.9 Å². The molecule has 86 valence electrons. The molecule has 0 aliphatic heterocycles. The Bertz CT molecular complexity index is 688. The molecular weight excluding hydrogens is 226 g/mol. The van der Waals surface area contributed by atoms with Crippen molar-refractivity contribution in [3.63, 3.8) is 0 Å². The molecule has 2 aromatic heterocycles. The van der Waals surface area contributed by atoms with Gasteiger partial charge < -0.3 is 4.98 Å². The van der Waals surface area contributed by atoms with Crippen LogP contribution in [0.1, 0.15) is 16.7 Å². The van der Waals surface area contributed by atoms with Crippen LogP contribution in [0.25, 0.3) is 21.5 Å². The van der Waals surface area contributed by atoms with Crippen molar-refractivity contribution < 1.29 is 0 Å². The average Bonchev–Trinajstić information content (AvgIpc) is 2.86. The number of thiophene rings is 1. The minimum absolute atomic E-state index is 1.25. The van der Waals surface area contributed by atoms with Gasteiger partial charge in [0.1, 0.15) is 0 Å². The number of aromatic nitrogens is 1. The van der Waals surface area contributed by atoms with E-state index in [0.29, 0.717) is 0 Å². The van der Waals surface area contributed by atoms with Crippen molar-refractivity contribution in [2.24, 2.45) is 0 Å². The number of nitrogens with one attached hydrogen (secondary N) is 1. The lowest BCUT2D eigenvalue weighted by molar-refractivity contribution is 1.32. The second-order valence-corrected chi connectivity index (χ2v) is 5.50. The Hall–Kier alpha value is -1.54. The van der Waals surface area contributed by atoms with Crippen LogP contribution < -0.4 is 0 Å². The lowest BCUT2D eigenvalue weighted by atomic mass is 10.0. The summed E-state index contributed by atoms with van der Waals surface area (Å²) in [4.78, 5) is 3.52. The molecular formula is C15H15NS. The molecule has 3 aromatic rings. The number of rotatable bonds is 1. The third kappa shape index (κ3) is 1.60. The van der Waals surface area contributed by atoms with Gasteiger partial charge >= 0.3 is 0 Å². The highest BCUT2D eigenvalue weighted by atomic mass is 32.1. The van der Waals surface area contributed by atoms with E-state index in [2.05, 4.69) is 55.4 Å². The Morgan fingerprint density at radius 1 is 1.00 bits per heavy atom. The molecule has 2 heteroatoms. The van der Waals surface area contributed by atoms with Crippen LogP contribution in [-0.4, -0.2) is 4.98 Å². The van der Waals surface area contributed by atoms with E-state index in [4.69, 9.17) is 0 Å². The van der Waals surface area contributed by atoms with Gasteiger partial charge in [-0.1, -0.05) is 12.1 Å².